The summed E-state index contributed by atoms with van der Waals surface area (Å²) in [4.78, 5) is 37.1. The highest BCUT2D eigenvalue weighted by atomic mass is 19.4. The number of amides is 3. The maximum atomic E-state index is 14.1. The molecular weight excluding hydrogens is 430 g/mol. The Hall–Kier alpha value is -3.43. The van der Waals surface area contributed by atoms with E-state index in [0.717, 1.165) is 11.6 Å². The lowest BCUT2D eigenvalue weighted by atomic mass is 9.93. The topological polar surface area (TPSA) is 101 Å². The molecule has 0 fully saturated rings. The molecule has 1 aliphatic heterocycles. The molecule has 170 valence electrons. The van der Waals surface area contributed by atoms with Gasteiger partial charge in [-0.2, -0.15) is 13.2 Å². The Balaban J connectivity index is 1.97. The summed E-state index contributed by atoms with van der Waals surface area (Å²) in [5.41, 5.74) is 7.54. The Bertz CT molecular complexity index is 1070. The Morgan fingerprint density at radius 3 is 2.56 bits per heavy atom. The van der Waals surface area contributed by atoms with Crippen molar-refractivity contribution in [2.24, 2.45) is 11.7 Å². The van der Waals surface area contributed by atoms with Crippen LogP contribution in [0, 0.1) is 18.7 Å². The van der Waals surface area contributed by atoms with Crippen molar-refractivity contribution >= 4 is 23.4 Å². The third kappa shape index (κ3) is 5.24. The lowest BCUT2D eigenvalue weighted by molar-refractivity contribution is -0.143. The van der Waals surface area contributed by atoms with Gasteiger partial charge in [-0.1, -0.05) is 24.3 Å². The fourth-order valence-electron chi connectivity index (χ4n) is 3.72. The molecule has 3 amide bonds. The minimum absolute atomic E-state index is 0.147. The van der Waals surface area contributed by atoms with E-state index in [4.69, 9.17) is 5.73 Å². The van der Waals surface area contributed by atoms with Crippen LogP contribution in [0.3, 0.4) is 0 Å². The molecule has 0 bridgehead atoms. The van der Waals surface area contributed by atoms with Gasteiger partial charge in [0.15, 0.2) is 0 Å². The van der Waals surface area contributed by atoms with E-state index >= 15 is 0 Å². The third-order valence-corrected chi connectivity index (χ3v) is 5.28. The van der Waals surface area contributed by atoms with Crippen LogP contribution in [0.4, 0.5) is 23.2 Å². The van der Waals surface area contributed by atoms with Gasteiger partial charge in [-0.25, -0.2) is 4.39 Å². The van der Waals surface area contributed by atoms with Gasteiger partial charge in [-0.15, -0.1) is 0 Å². The molecule has 2 atom stereocenters. The van der Waals surface area contributed by atoms with Gasteiger partial charge in [-0.3, -0.25) is 14.4 Å². The van der Waals surface area contributed by atoms with Crippen LogP contribution in [0.1, 0.15) is 36.4 Å². The number of nitrogens with two attached hydrogens (primary N) is 1. The van der Waals surface area contributed by atoms with E-state index in [1.807, 2.05) is 0 Å². The number of anilines is 1. The Morgan fingerprint density at radius 2 is 1.91 bits per heavy atom. The first kappa shape index (κ1) is 23.2. The molecule has 10 heteroatoms. The fraction of sp³-hybridized carbons (Fsp3) is 0.318. The molecule has 2 unspecified atom stereocenters. The number of aryl methyl sites for hydroxylation is 1. The molecule has 0 spiro atoms. The van der Waals surface area contributed by atoms with Crippen LogP contribution in [0.15, 0.2) is 36.4 Å². The van der Waals surface area contributed by atoms with E-state index in [-0.39, 0.29) is 5.56 Å². The summed E-state index contributed by atoms with van der Waals surface area (Å²) in [7, 11) is 0. The highest BCUT2D eigenvalue weighted by Gasteiger charge is 2.35. The number of hydrogen-bond acceptors (Lipinski definition) is 3. The Kier molecular flexibility index (Phi) is 6.52. The fourth-order valence-corrected chi connectivity index (χ4v) is 3.72. The SMILES string of the molecule is Cc1cccc2c1NC(=O)C(NC(=O)C(CCC(F)(F)F)CC(N)=O)c1cc(F)ccc1-2. The molecule has 0 saturated carbocycles. The van der Waals surface area contributed by atoms with E-state index in [2.05, 4.69) is 10.6 Å². The number of primary amides is 1. The zero-order valence-corrected chi connectivity index (χ0v) is 17.1. The van der Waals surface area contributed by atoms with Gasteiger partial charge < -0.3 is 16.4 Å². The van der Waals surface area contributed by atoms with Gasteiger partial charge in [0.2, 0.25) is 11.8 Å². The van der Waals surface area contributed by atoms with Crippen LogP contribution in [0.5, 0.6) is 0 Å². The van der Waals surface area contributed by atoms with E-state index in [0.29, 0.717) is 16.8 Å². The molecular formula is C22H21F4N3O3. The zero-order chi connectivity index (χ0) is 23.6. The minimum atomic E-state index is -4.54. The van der Waals surface area contributed by atoms with E-state index in [1.165, 1.54) is 12.1 Å². The Morgan fingerprint density at radius 1 is 1.19 bits per heavy atom. The number of para-hydroxylation sites is 1. The van der Waals surface area contributed by atoms with Crippen molar-refractivity contribution in [1.82, 2.24) is 5.32 Å². The number of fused-ring (bicyclic) bond motifs is 3. The number of alkyl halides is 3. The maximum Gasteiger partial charge on any atom is 0.389 e. The van der Waals surface area contributed by atoms with Crippen molar-refractivity contribution in [3.8, 4) is 11.1 Å². The van der Waals surface area contributed by atoms with Gasteiger partial charge in [0.05, 0.1) is 5.69 Å². The van der Waals surface area contributed by atoms with Crippen molar-refractivity contribution in [3.05, 3.63) is 53.3 Å². The predicted molar refractivity (Wildman–Crippen MR) is 109 cm³/mol. The molecule has 0 saturated heterocycles. The molecule has 1 aliphatic rings. The molecule has 0 aliphatic carbocycles. The van der Waals surface area contributed by atoms with Crippen molar-refractivity contribution in [3.63, 3.8) is 0 Å². The molecule has 4 N–H and O–H groups in total. The first-order chi connectivity index (χ1) is 15.0. The van der Waals surface area contributed by atoms with E-state index in [1.54, 1.807) is 25.1 Å². The summed E-state index contributed by atoms with van der Waals surface area (Å²) in [6.45, 7) is 1.77. The number of benzene rings is 2. The summed E-state index contributed by atoms with van der Waals surface area (Å²) in [6.07, 6.45) is -7.14. The van der Waals surface area contributed by atoms with E-state index in [9.17, 15) is 31.9 Å². The van der Waals surface area contributed by atoms with Gasteiger partial charge in [0, 0.05) is 24.3 Å². The van der Waals surface area contributed by atoms with Crippen LogP contribution in [-0.4, -0.2) is 23.9 Å². The number of carbonyl (C=O) groups excluding carboxylic acids is 3. The third-order valence-electron chi connectivity index (χ3n) is 5.28. The van der Waals surface area contributed by atoms with Crippen LogP contribution in [0.25, 0.3) is 11.1 Å². The molecule has 0 radical (unpaired) electrons. The quantitative estimate of drug-likeness (QED) is 0.583. The number of carbonyl (C=O) groups is 3. The average Bonchev–Trinajstić information content (AvgIpc) is 2.80. The summed E-state index contributed by atoms with van der Waals surface area (Å²) < 4.78 is 52.1. The van der Waals surface area contributed by atoms with Crippen LogP contribution >= 0.6 is 0 Å². The second-order valence-electron chi connectivity index (χ2n) is 7.68. The molecule has 1 heterocycles. The second kappa shape index (κ2) is 8.97. The lowest BCUT2D eigenvalue weighted by Gasteiger charge is -2.22. The summed E-state index contributed by atoms with van der Waals surface area (Å²) >= 11 is 0. The van der Waals surface area contributed by atoms with Crippen molar-refractivity contribution in [2.45, 2.75) is 38.4 Å². The molecule has 2 aromatic carbocycles. The van der Waals surface area contributed by atoms with Crippen molar-refractivity contribution < 1.29 is 31.9 Å². The van der Waals surface area contributed by atoms with Crippen LogP contribution < -0.4 is 16.4 Å². The monoisotopic (exact) mass is 451 g/mol. The number of nitrogens with one attached hydrogen (secondary N) is 2. The molecule has 6 nitrogen and oxygen atoms in total. The maximum absolute atomic E-state index is 14.1. The minimum Gasteiger partial charge on any atom is -0.370 e. The standard InChI is InChI=1S/C22H21F4N3O3/c1-11-3-2-4-15-14-6-5-13(23)10-16(14)19(21(32)28-18(11)15)29-20(31)12(9-17(27)30)7-8-22(24,25)26/h2-6,10,12,19H,7-9H2,1H3,(H2,27,30)(H,28,32)(H,29,31). The first-order valence-electron chi connectivity index (χ1n) is 9.82. The predicted octanol–water partition coefficient (Wildman–Crippen LogP) is 3.74. The normalized spacial score (nSPS) is 16.3. The van der Waals surface area contributed by atoms with Crippen LogP contribution in [0.2, 0.25) is 0 Å². The Labute approximate surface area is 181 Å². The number of halogens is 4. The highest BCUT2D eigenvalue weighted by Crippen LogP contribution is 2.39. The summed E-state index contributed by atoms with van der Waals surface area (Å²) in [6, 6.07) is 7.62. The van der Waals surface area contributed by atoms with E-state index < -0.39 is 60.9 Å². The molecule has 32 heavy (non-hydrogen) atoms. The van der Waals surface area contributed by atoms with Crippen molar-refractivity contribution in [2.75, 3.05) is 5.32 Å². The molecule has 2 aromatic rings. The van der Waals surface area contributed by atoms with Gasteiger partial charge in [-0.05, 0) is 42.2 Å². The van der Waals surface area contributed by atoms with Crippen molar-refractivity contribution in [1.29, 1.82) is 0 Å². The van der Waals surface area contributed by atoms with Gasteiger partial charge in [0.1, 0.15) is 11.9 Å². The lowest BCUT2D eigenvalue weighted by Crippen LogP contribution is -2.41. The number of rotatable bonds is 6. The molecule has 0 aromatic heterocycles. The van der Waals surface area contributed by atoms with Gasteiger partial charge >= 0.3 is 6.18 Å². The average molecular weight is 451 g/mol. The van der Waals surface area contributed by atoms with Crippen LogP contribution in [-0.2, 0) is 14.4 Å². The highest BCUT2D eigenvalue weighted by molar-refractivity contribution is 6.05. The zero-order valence-electron chi connectivity index (χ0n) is 17.1. The second-order valence-corrected chi connectivity index (χ2v) is 7.68. The summed E-state index contributed by atoms with van der Waals surface area (Å²) in [5.74, 6) is -4.64. The first-order valence-corrected chi connectivity index (χ1v) is 9.82. The smallest absolute Gasteiger partial charge is 0.370 e. The number of hydrogen-bond donors (Lipinski definition) is 3. The molecule has 3 rings (SSSR count). The largest absolute Gasteiger partial charge is 0.389 e. The summed E-state index contributed by atoms with van der Waals surface area (Å²) in [5, 5.41) is 5.10. The van der Waals surface area contributed by atoms with Gasteiger partial charge in [0.25, 0.3) is 5.91 Å².